The van der Waals surface area contributed by atoms with Crippen LogP contribution >= 0.6 is 0 Å². The number of carbonyl (C=O) groups is 1. The van der Waals surface area contributed by atoms with E-state index in [1.54, 1.807) is 25.1 Å². The van der Waals surface area contributed by atoms with Gasteiger partial charge in [-0.15, -0.1) is 0 Å². The van der Waals surface area contributed by atoms with Crippen LogP contribution in [0.4, 0.5) is 4.39 Å². The van der Waals surface area contributed by atoms with Crippen LogP contribution in [0.3, 0.4) is 0 Å². The van der Waals surface area contributed by atoms with E-state index < -0.39 is 5.54 Å². The number of nitrogens with one attached hydrogen (secondary N) is 1. The molecule has 0 aromatic heterocycles. The van der Waals surface area contributed by atoms with Crippen molar-refractivity contribution in [3.05, 3.63) is 35.6 Å². The minimum Gasteiger partial charge on any atom is -0.348 e. The first-order valence-corrected chi connectivity index (χ1v) is 5.87. The summed E-state index contributed by atoms with van der Waals surface area (Å²) in [5.74, 6) is -0.487. The zero-order chi connectivity index (χ0) is 12.5. The van der Waals surface area contributed by atoms with Gasteiger partial charge in [0.2, 0.25) is 5.91 Å². The molecule has 0 spiro atoms. The Bertz CT molecular complexity index is 429. The van der Waals surface area contributed by atoms with Gasteiger partial charge in [-0.2, -0.15) is 0 Å². The first kappa shape index (κ1) is 12.0. The molecule has 3 nitrogen and oxygen atoms in total. The highest BCUT2D eigenvalue weighted by molar-refractivity contribution is 5.87. The fourth-order valence-electron chi connectivity index (χ4n) is 2.03. The first-order chi connectivity index (χ1) is 8.03. The average Bonchev–Trinajstić information content (AvgIpc) is 2.26. The minimum absolute atomic E-state index is 0.181. The van der Waals surface area contributed by atoms with Gasteiger partial charge in [0, 0.05) is 5.56 Å². The van der Waals surface area contributed by atoms with Crippen molar-refractivity contribution in [1.82, 2.24) is 5.32 Å². The molecule has 92 valence electrons. The van der Waals surface area contributed by atoms with Crippen molar-refractivity contribution in [3.8, 4) is 0 Å². The Kier molecular flexibility index (Phi) is 3.15. The third kappa shape index (κ3) is 2.31. The summed E-state index contributed by atoms with van der Waals surface area (Å²) in [6, 6.07) is 6.08. The summed E-state index contributed by atoms with van der Waals surface area (Å²) < 4.78 is 13.5. The molecule has 0 bridgehead atoms. The molecule has 4 heteroatoms. The molecule has 2 rings (SSSR count). The van der Waals surface area contributed by atoms with E-state index in [1.807, 2.05) is 0 Å². The molecule has 1 unspecified atom stereocenters. The van der Waals surface area contributed by atoms with E-state index in [0.717, 1.165) is 6.42 Å². The molecule has 1 aliphatic rings. The van der Waals surface area contributed by atoms with Gasteiger partial charge in [0.05, 0.1) is 11.6 Å². The Morgan fingerprint density at radius 1 is 1.47 bits per heavy atom. The highest BCUT2D eigenvalue weighted by Gasteiger charge is 2.40. The minimum atomic E-state index is -0.737. The third-order valence-corrected chi connectivity index (χ3v) is 3.42. The van der Waals surface area contributed by atoms with Gasteiger partial charge in [0.15, 0.2) is 0 Å². The maximum atomic E-state index is 13.5. The molecule has 1 amide bonds. The third-order valence-electron chi connectivity index (χ3n) is 3.42. The van der Waals surface area contributed by atoms with Crippen LogP contribution in [0, 0.1) is 5.82 Å². The molecule has 0 radical (unpaired) electrons. The Labute approximate surface area is 100 Å². The van der Waals surface area contributed by atoms with E-state index in [4.69, 9.17) is 5.73 Å². The number of rotatable bonds is 3. The Morgan fingerprint density at radius 3 is 2.65 bits per heavy atom. The van der Waals surface area contributed by atoms with Gasteiger partial charge in [-0.05, 0) is 32.3 Å². The second-order valence-electron chi connectivity index (χ2n) is 4.73. The number of halogens is 1. The van der Waals surface area contributed by atoms with Crippen molar-refractivity contribution in [3.63, 3.8) is 0 Å². The van der Waals surface area contributed by atoms with Gasteiger partial charge in [0.25, 0.3) is 0 Å². The average molecular weight is 236 g/mol. The van der Waals surface area contributed by atoms with Crippen LogP contribution in [-0.2, 0) is 4.79 Å². The molecule has 3 N–H and O–H groups in total. The summed E-state index contributed by atoms with van der Waals surface area (Å²) >= 11 is 0. The van der Waals surface area contributed by atoms with Crippen LogP contribution in [0.1, 0.15) is 37.8 Å². The van der Waals surface area contributed by atoms with E-state index in [9.17, 15) is 9.18 Å². The van der Waals surface area contributed by atoms with Crippen LogP contribution in [0.2, 0.25) is 0 Å². The van der Waals surface area contributed by atoms with E-state index in [-0.39, 0.29) is 17.8 Å². The molecule has 1 aromatic carbocycles. The predicted molar refractivity (Wildman–Crippen MR) is 63.7 cm³/mol. The van der Waals surface area contributed by atoms with Crippen LogP contribution in [-0.4, -0.2) is 11.4 Å². The largest absolute Gasteiger partial charge is 0.348 e. The summed E-state index contributed by atoms with van der Waals surface area (Å²) in [6.07, 6.45) is 2.41. The normalized spacial score (nSPS) is 19.2. The zero-order valence-electron chi connectivity index (χ0n) is 9.87. The van der Waals surface area contributed by atoms with Crippen molar-refractivity contribution in [2.75, 3.05) is 0 Å². The topological polar surface area (TPSA) is 55.1 Å². The maximum Gasteiger partial charge on any atom is 0.240 e. The van der Waals surface area contributed by atoms with Gasteiger partial charge >= 0.3 is 0 Å². The van der Waals surface area contributed by atoms with Crippen molar-refractivity contribution >= 4 is 5.91 Å². The highest BCUT2D eigenvalue weighted by Crippen LogP contribution is 2.30. The lowest BCUT2D eigenvalue weighted by Crippen LogP contribution is -2.58. The summed E-state index contributed by atoms with van der Waals surface area (Å²) in [5.41, 5.74) is 5.66. The molecule has 1 saturated carbocycles. The SMILES string of the molecule is CC(NC(=O)C1(N)CCC1)c1ccccc1F. The molecular weight excluding hydrogens is 219 g/mol. The number of hydrogen-bond acceptors (Lipinski definition) is 2. The number of nitrogens with two attached hydrogens (primary N) is 1. The van der Waals surface area contributed by atoms with Gasteiger partial charge < -0.3 is 11.1 Å². The number of benzene rings is 1. The summed E-state index contributed by atoms with van der Waals surface area (Å²) in [4.78, 5) is 11.9. The van der Waals surface area contributed by atoms with Gasteiger partial charge in [0.1, 0.15) is 5.82 Å². The standard InChI is InChI=1S/C13H17FN2O/c1-9(10-5-2-3-6-11(10)14)16-12(17)13(15)7-4-8-13/h2-3,5-6,9H,4,7-8,15H2,1H3,(H,16,17). The summed E-state index contributed by atoms with van der Waals surface area (Å²) in [5, 5.41) is 2.78. The molecule has 0 aliphatic heterocycles. The summed E-state index contributed by atoms with van der Waals surface area (Å²) in [7, 11) is 0. The molecule has 1 atom stereocenters. The lowest BCUT2D eigenvalue weighted by Gasteiger charge is -2.37. The Morgan fingerprint density at radius 2 is 2.12 bits per heavy atom. The molecular formula is C13H17FN2O. The van der Waals surface area contributed by atoms with E-state index in [2.05, 4.69) is 5.32 Å². The molecule has 0 heterocycles. The highest BCUT2D eigenvalue weighted by atomic mass is 19.1. The molecule has 0 saturated heterocycles. The van der Waals surface area contributed by atoms with Crippen molar-refractivity contribution in [1.29, 1.82) is 0 Å². The fraction of sp³-hybridized carbons (Fsp3) is 0.462. The van der Waals surface area contributed by atoms with Crippen molar-refractivity contribution in [2.24, 2.45) is 5.73 Å². The zero-order valence-corrected chi connectivity index (χ0v) is 9.87. The van der Waals surface area contributed by atoms with Crippen LogP contribution in [0.15, 0.2) is 24.3 Å². The lowest BCUT2D eigenvalue weighted by atomic mass is 9.77. The smallest absolute Gasteiger partial charge is 0.240 e. The quantitative estimate of drug-likeness (QED) is 0.842. The van der Waals surface area contributed by atoms with E-state index in [0.29, 0.717) is 18.4 Å². The number of amides is 1. The monoisotopic (exact) mass is 236 g/mol. The second kappa shape index (κ2) is 4.45. The molecule has 1 aliphatic carbocycles. The maximum absolute atomic E-state index is 13.5. The predicted octanol–water partition coefficient (Wildman–Crippen LogP) is 1.88. The van der Waals surface area contributed by atoms with Crippen molar-refractivity contribution in [2.45, 2.75) is 37.8 Å². The van der Waals surface area contributed by atoms with Crippen LogP contribution in [0.25, 0.3) is 0 Å². The molecule has 1 aromatic rings. The second-order valence-corrected chi connectivity index (χ2v) is 4.73. The lowest BCUT2D eigenvalue weighted by molar-refractivity contribution is -0.129. The van der Waals surface area contributed by atoms with Gasteiger partial charge in [-0.1, -0.05) is 18.2 Å². The van der Waals surface area contributed by atoms with Crippen LogP contribution in [0.5, 0.6) is 0 Å². The van der Waals surface area contributed by atoms with Gasteiger partial charge in [-0.3, -0.25) is 4.79 Å². The number of carbonyl (C=O) groups excluding carboxylic acids is 1. The Balaban J connectivity index is 2.04. The van der Waals surface area contributed by atoms with Crippen LogP contribution < -0.4 is 11.1 Å². The Hall–Kier alpha value is -1.42. The van der Waals surface area contributed by atoms with Gasteiger partial charge in [-0.25, -0.2) is 4.39 Å². The molecule has 1 fully saturated rings. The van der Waals surface area contributed by atoms with E-state index in [1.165, 1.54) is 6.07 Å². The first-order valence-electron chi connectivity index (χ1n) is 5.87. The van der Waals surface area contributed by atoms with E-state index >= 15 is 0 Å². The fourth-order valence-corrected chi connectivity index (χ4v) is 2.03. The number of hydrogen-bond donors (Lipinski definition) is 2. The summed E-state index contributed by atoms with van der Waals surface area (Å²) in [6.45, 7) is 1.76. The molecule has 17 heavy (non-hydrogen) atoms. The van der Waals surface area contributed by atoms with Crippen molar-refractivity contribution < 1.29 is 9.18 Å².